The van der Waals surface area contributed by atoms with Gasteiger partial charge in [0.2, 0.25) is 5.89 Å². The van der Waals surface area contributed by atoms with Crippen LogP contribution in [-0.2, 0) is 6.42 Å². The minimum atomic E-state index is -0.593. The molecule has 2 aromatic rings. The van der Waals surface area contributed by atoms with E-state index >= 15 is 0 Å². The number of hydrogen-bond donors (Lipinski definition) is 1. The number of likely N-dealkylation sites (tertiary alicyclic amines) is 1. The number of hydrogen-bond acceptors (Lipinski definition) is 7. The second-order valence-electron chi connectivity index (χ2n) is 6.27. The Kier molecular flexibility index (Phi) is 4.45. The fourth-order valence-corrected chi connectivity index (χ4v) is 3.70. The molecule has 0 bridgehead atoms. The molecule has 3 heterocycles. The highest BCUT2D eigenvalue weighted by Crippen LogP contribution is 2.32. The Bertz CT molecular complexity index is 696. The van der Waals surface area contributed by atoms with Gasteiger partial charge < -0.3 is 14.5 Å². The van der Waals surface area contributed by atoms with Gasteiger partial charge >= 0.3 is 0 Å². The number of rotatable bonds is 4. The summed E-state index contributed by atoms with van der Waals surface area (Å²) in [7, 11) is 0. The van der Waals surface area contributed by atoms with Crippen molar-refractivity contribution in [3.05, 3.63) is 27.8 Å². The Morgan fingerprint density at radius 2 is 2.30 bits per heavy atom. The molecule has 0 radical (unpaired) electrons. The van der Waals surface area contributed by atoms with Crippen molar-refractivity contribution in [2.45, 2.75) is 45.8 Å². The van der Waals surface area contributed by atoms with Crippen molar-refractivity contribution in [3.63, 3.8) is 0 Å². The number of thiazole rings is 1. The molecule has 2 aromatic heterocycles. The molecule has 0 aliphatic carbocycles. The number of aliphatic hydroxyl groups excluding tert-OH is 1. The number of amides is 1. The van der Waals surface area contributed by atoms with Gasteiger partial charge in [-0.1, -0.05) is 19.0 Å². The summed E-state index contributed by atoms with van der Waals surface area (Å²) in [6.07, 6.45) is 0.661. The molecule has 1 amide bonds. The first-order valence-corrected chi connectivity index (χ1v) is 8.55. The second kappa shape index (κ2) is 6.37. The summed E-state index contributed by atoms with van der Waals surface area (Å²) in [6, 6.07) is -0.394. The third-order valence-corrected chi connectivity index (χ3v) is 4.59. The summed E-state index contributed by atoms with van der Waals surface area (Å²) in [6.45, 7) is 6.21. The van der Waals surface area contributed by atoms with Crippen LogP contribution in [-0.4, -0.2) is 43.7 Å². The zero-order chi connectivity index (χ0) is 16.6. The Labute approximate surface area is 138 Å². The van der Waals surface area contributed by atoms with Gasteiger partial charge in [0, 0.05) is 24.8 Å². The van der Waals surface area contributed by atoms with Crippen LogP contribution >= 0.6 is 11.3 Å². The summed E-state index contributed by atoms with van der Waals surface area (Å²) in [4.78, 5) is 23.0. The van der Waals surface area contributed by atoms with Gasteiger partial charge in [-0.2, -0.15) is 4.98 Å². The van der Waals surface area contributed by atoms with E-state index in [2.05, 4.69) is 29.0 Å². The van der Waals surface area contributed by atoms with E-state index < -0.39 is 12.1 Å². The van der Waals surface area contributed by atoms with Gasteiger partial charge in [-0.25, -0.2) is 4.98 Å². The van der Waals surface area contributed by atoms with Crippen molar-refractivity contribution in [2.24, 2.45) is 5.92 Å². The number of carbonyl (C=O) groups is 1. The molecular weight excluding hydrogens is 316 g/mol. The maximum Gasteiger partial charge on any atom is 0.274 e. The fourth-order valence-electron chi connectivity index (χ4n) is 2.72. The molecule has 1 N–H and O–H groups in total. The lowest BCUT2D eigenvalue weighted by Gasteiger charge is -2.20. The Morgan fingerprint density at radius 3 is 2.96 bits per heavy atom. The van der Waals surface area contributed by atoms with Crippen LogP contribution in [0, 0.1) is 12.8 Å². The molecule has 0 aromatic carbocycles. The van der Waals surface area contributed by atoms with Crippen LogP contribution in [0.4, 0.5) is 0 Å². The number of aliphatic hydroxyl groups is 1. The van der Waals surface area contributed by atoms with Crippen LogP contribution in [0.15, 0.2) is 9.90 Å². The Balaban J connectivity index is 1.80. The summed E-state index contributed by atoms with van der Waals surface area (Å²) in [5, 5.41) is 16.5. The number of nitrogens with zero attached hydrogens (tertiary/aromatic N) is 4. The zero-order valence-corrected chi connectivity index (χ0v) is 14.2. The molecule has 23 heavy (non-hydrogen) atoms. The highest BCUT2D eigenvalue weighted by molar-refractivity contribution is 7.09. The smallest absolute Gasteiger partial charge is 0.274 e. The van der Waals surface area contributed by atoms with Gasteiger partial charge in [-0.15, -0.1) is 11.3 Å². The highest BCUT2D eigenvalue weighted by atomic mass is 32.1. The normalized spacial score (nSPS) is 21.3. The minimum absolute atomic E-state index is 0.200. The predicted octanol–water partition coefficient (Wildman–Crippen LogP) is 1.98. The first-order valence-electron chi connectivity index (χ1n) is 7.67. The van der Waals surface area contributed by atoms with Gasteiger partial charge in [0.25, 0.3) is 5.91 Å². The molecule has 2 atom stereocenters. The minimum Gasteiger partial charge on any atom is -0.391 e. The lowest BCUT2D eigenvalue weighted by atomic mass is 10.1. The molecule has 1 saturated heterocycles. The first kappa shape index (κ1) is 16.1. The fraction of sp³-hybridized carbons (Fsp3) is 0.600. The summed E-state index contributed by atoms with van der Waals surface area (Å²) < 4.78 is 5.19. The molecule has 0 spiro atoms. The van der Waals surface area contributed by atoms with Crippen molar-refractivity contribution in [1.29, 1.82) is 0 Å². The van der Waals surface area contributed by atoms with Crippen molar-refractivity contribution in [1.82, 2.24) is 20.0 Å². The van der Waals surface area contributed by atoms with Crippen molar-refractivity contribution >= 4 is 17.2 Å². The van der Waals surface area contributed by atoms with E-state index in [9.17, 15) is 9.90 Å². The molecule has 124 valence electrons. The molecule has 1 aliphatic rings. The number of carbonyl (C=O) groups excluding carboxylic acids is 1. The van der Waals surface area contributed by atoms with E-state index in [4.69, 9.17) is 4.52 Å². The molecule has 0 saturated carbocycles. The van der Waals surface area contributed by atoms with Crippen LogP contribution in [0.2, 0.25) is 0 Å². The molecular formula is C15H20N4O3S. The SMILES string of the molecule is Cc1noc([C@H]2C[C@H](O)CN2C(=O)c2csc(CC(C)C)n2)n1. The van der Waals surface area contributed by atoms with Gasteiger partial charge in [0.1, 0.15) is 11.7 Å². The summed E-state index contributed by atoms with van der Waals surface area (Å²) in [5.74, 6) is 1.17. The van der Waals surface area contributed by atoms with E-state index in [-0.39, 0.29) is 12.5 Å². The van der Waals surface area contributed by atoms with E-state index in [1.807, 2.05) is 0 Å². The third-order valence-electron chi connectivity index (χ3n) is 3.72. The topological polar surface area (TPSA) is 92.4 Å². The van der Waals surface area contributed by atoms with Crippen LogP contribution in [0.5, 0.6) is 0 Å². The molecule has 1 fully saturated rings. The monoisotopic (exact) mass is 336 g/mol. The average molecular weight is 336 g/mol. The summed E-state index contributed by atoms with van der Waals surface area (Å²) >= 11 is 1.49. The van der Waals surface area contributed by atoms with Gasteiger partial charge in [-0.3, -0.25) is 4.79 Å². The molecule has 3 rings (SSSR count). The van der Waals surface area contributed by atoms with E-state index in [1.165, 1.54) is 11.3 Å². The first-order chi connectivity index (χ1) is 10.9. The molecule has 1 aliphatic heterocycles. The largest absolute Gasteiger partial charge is 0.391 e. The standard InChI is InChI=1S/C15H20N4O3S/c1-8(2)4-13-17-11(7-23-13)15(21)19-6-10(20)5-12(19)14-16-9(3)18-22-14/h7-8,10,12,20H,4-6H2,1-3H3/t10-,12+/m0/s1. The maximum atomic E-state index is 12.8. The van der Waals surface area contributed by atoms with Crippen LogP contribution < -0.4 is 0 Å². The average Bonchev–Trinajstić information content (AvgIpc) is 3.17. The molecule has 0 unspecified atom stereocenters. The van der Waals surface area contributed by atoms with Crippen LogP contribution in [0.3, 0.4) is 0 Å². The van der Waals surface area contributed by atoms with Gasteiger partial charge in [0.15, 0.2) is 5.82 Å². The Morgan fingerprint density at radius 1 is 1.52 bits per heavy atom. The van der Waals surface area contributed by atoms with Crippen molar-refractivity contribution in [2.75, 3.05) is 6.54 Å². The summed E-state index contributed by atoms with van der Waals surface area (Å²) in [5.41, 5.74) is 0.418. The van der Waals surface area contributed by atoms with E-state index in [0.717, 1.165) is 11.4 Å². The van der Waals surface area contributed by atoms with Gasteiger partial charge in [0.05, 0.1) is 11.1 Å². The second-order valence-corrected chi connectivity index (χ2v) is 7.21. The van der Waals surface area contributed by atoms with Crippen molar-refractivity contribution < 1.29 is 14.4 Å². The number of aryl methyl sites for hydroxylation is 1. The van der Waals surface area contributed by atoms with Gasteiger partial charge in [-0.05, 0) is 12.8 Å². The lowest BCUT2D eigenvalue weighted by Crippen LogP contribution is -2.32. The van der Waals surface area contributed by atoms with Crippen LogP contribution in [0.1, 0.15) is 53.5 Å². The van der Waals surface area contributed by atoms with E-state index in [0.29, 0.717) is 29.7 Å². The van der Waals surface area contributed by atoms with E-state index in [1.54, 1.807) is 17.2 Å². The molecule has 7 nitrogen and oxygen atoms in total. The number of aromatic nitrogens is 3. The highest BCUT2D eigenvalue weighted by Gasteiger charge is 2.39. The molecule has 8 heteroatoms. The van der Waals surface area contributed by atoms with Crippen LogP contribution in [0.25, 0.3) is 0 Å². The lowest BCUT2D eigenvalue weighted by molar-refractivity contribution is 0.0688. The number of β-amino-alcohol motifs (C(OH)–C–C–N with tert-alkyl or cyclic N) is 1. The quantitative estimate of drug-likeness (QED) is 0.918. The zero-order valence-electron chi connectivity index (χ0n) is 13.4. The Hall–Kier alpha value is -1.80. The van der Waals surface area contributed by atoms with Crippen molar-refractivity contribution in [3.8, 4) is 0 Å². The third kappa shape index (κ3) is 3.42. The predicted molar refractivity (Wildman–Crippen MR) is 84.1 cm³/mol. The maximum absolute atomic E-state index is 12.8.